The van der Waals surface area contributed by atoms with Crippen LogP contribution in [0.15, 0.2) is 59.1 Å². The van der Waals surface area contributed by atoms with Crippen molar-refractivity contribution >= 4 is 11.6 Å². The van der Waals surface area contributed by atoms with Gasteiger partial charge >= 0.3 is 0 Å². The van der Waals surface area contributed by atoms with E-state index in [1.54, 1.807) is 12.1 Å². The molecule has 0 aliphatic carbocycles. The van der Waals surface area contributed by atoms with Crippen LogP contribution in [0.1, 0.15) is 44.2 Å². The van der Waals surface area contributed by atoms with Gasteiger partial charge in [-0.25, -0.2) is 0 Å². The molecule has 0 aliphatic heterocycles. The monoisotopic (exact) mass is 408 g/mol. The van der Waals surface area contributed by atoms with E-state index in [0.29, 0.717) is 30.1 Å². The highest BCUT2D eigenvalue weighted by Gasteiger charge is 2.26. The molecule has 2 aromatic carbocycles. The lowest BCUT2D eigenvalue weighted by molar-refractivity contribution is -0.384. The van der Waals surface area contributed by atoms with Crippen LogP contribution in [-0.4, -0.2) is 21.0 Å². The quantitative estimate of drug-likeness (QED) is 0.413. The Labute approximate surface area is 174 Å². The normalized spacial score (nSPS) is 12.9. The van der Waals surface area contributed by atoms with Crippen molar-refractivity contribution in [2.75, 3.05) is 0 Å². The zero-order valence-corrected chi connectivity index (χ0v) is 16.9. The summed E-state index contributed by atoms with van der Waals surface area (Å²) in [5.41, 5.74) is 1.70. The largest absolute Gasteiger partial charge is 0.344 e. The Bertz CT molecular complexity index is 986. The molecule has 0 unspecified atom stereocenters. The van der Waals surface area contributed by atoms with E-state index < -0.39 is 11.0 Å². The predicted molar refractivity (Wildman–Crippen MR) is 111 cm³/mol. The van der Waals surface area contributed by atoms with Crippen LogP contribution in [0.25, 0.3) is 11.4 Å². The highest BCUT2D eigenvalue weighted by atomic mass is 16.6. The van der Waals surface area contributed by atoms with Crippen molar-refractivity contribution < 1.29 is 14.2 Å². The molecule has 1 amide bonds. The summed E-state index contributed by atoms with van der Waals surface area (Å²) in [7, 11) is 0. The number of carbonyl (C=O) groups excluding carboxylic acids is 1. The number of non-ortho nitro benzene ring substituents is 1. The smallest absolute Gasteiger partial charge is 0.269 e. The summed E-state index contributed by atoms with van der Waals surface area (Å²) in [5, 5.41) is 17.8. The van der Waals surface area contributed by atoms with Gasteiger partial charge in [-0.2, -0.15) is 4.98 Å². The standard InChI is InChI=1S/C22H24N4O4/c1-3-15(2)20(23-19(27)14-9-16-7-5-4-6-8-16)22-24-21(25-30-22)17-10-12-18(13-11-17)26(28)29/h4-8,10-13,15,20H,3,9,14H2,1-2H3,(H,23,27)/t15-,20-/m0/s1. The molecular formula is C22H24N4O4. The average molecular weight is 408 g/mol. The van der Waals surface area contributed by atoms with E-state index in [2.05, 4.69) is 15.5 Å². The molecule has 0 bridgehead atoms. The first-order chi connectivity index (χ1) is 14.5. The van der Waals surface area contributed by atoms with Crippen molar-refractivity contribution in [3.8, 4) is 11.4 Å². The van der Waals surface area contributed by atoms with Gasteiger partial charge in [0.15, 0.2) is 0 Å². The fourth-order valence-electron chi connectivity index (χ4n) is 3.04. The third-order valence-corrected chi connectivity index (χ3v) is 5.06. The summed E-state index contributed by atoms with van der Waals surface area (Å²) in [6.45, 7) is 4.04. The van der Waals surface area contributed by atoms with Crippen LogP contribution in [0, 0.1) is 16.0 Å². The molecule has 0 aliphatic rings. The number of nitrogens with zero attached hydrogens (tertiary/aromatic N) is 3. The second kappa shape index (κ2) is 9.78. The molecule has 156 valence electrons. The molecule has 8 nitrogen and oxygen atoms in total. The van der Waals surface area contributed by atoms with E-state index in [-0.39, 0.29) is 17.5 Å². The molecule has 0 saturated carbocycles. The predicted octanol–water partition coefficient (Wildman–Crippen LogP) is 4.48. The molecule has 0 fully saturated rings. The Kier molecular flexibility index (Phi) is 6.90. The van der Waals surface area contributed by atoms with Gasteiger partial charge in [-0.3, -0.25) is 14.9 Å². The van der Waals surface area contributed by atoms with Gasteiger partial charge in [0, 0.05) is 24.1 Å². The van der Waals surface area contributed by atoms with Gasteiger partial charge in [0.1, 0.15) is 6.04 Å². The summed E-state index contributed by atoms with van der Waals surface area (Å²) in [5.74, 6) is 0.660. The van der Waals surface area contributed by atoms with Gasteiger partial charge in [-0.1, -0.05) is 55.8 Å². The maximum atomic E-state index is 12.5. The molecule has 1 aromatic heterocycles. The third-order valence-electron chi connectivity index (χ3n) is 5.06. The van der Waals surface area contributed by atoms with Gasteiger partial charge in [0.2, 0.25) is 17.6 Å². The summed E-state index contributed by atoms with van der Waals surface area (Å²) in [6.07, 6.45) is 1.83. The number of carbonyl (C=O) groups is 1. The van der Waals surface area contributed by atoms with Gasteiger partial charge in [-0.15, -0.1) is 0 Å². The van der Waals surface area contributed by atoms with E-state index in [0.717, 1.165) is 12.0 Å². The fourth-order valence-corrected chi connectivity index (χ4v) is 3.04. The molecule has 1 heterocycles. The summed E-state index contributed by atoms with van der Waals surface area (Å²) < 4.78 is 5.44. The first kappa shape index (κ1) is 21.2. The van der Waals surface area contributed by atoms with Crippen molar-refractivity contribution in [3.63, 3.8) is 0 Å². The number of rotatable bonds is 9. The molecule has 2 atom stereocenters. The van der Waals surface area contributed by atoms with Crippen LogP contribution in [0.2, 0.25) is 0 Å². The van der Waals surface area contributed by atoms with Crippen LogP contribution in [0.5, 0.6) is 0 Å². The minimum Gasteiger partial charge on any atom is -0.344 e. The highest BCUT2D eigenvalue weighted by Crippen LogP contribution is 2.26. The maximum absolute atomic E-state index is 12.5. The number of hydrogen-bond donors (Lipinski definition) is 1. The number of hydrogen-bond acceptors (Lipinski definition) is 6. The average Bonchev–Trinajstić information content (AvgIpc) is 3.26. The van der Waals surface area contributed by atoms with Gasteiger partial charge in [-0.05, 0) is 30.0 Å². The molecule has 0 spiro atoms. The number of nitro benzene ring substituents is 1. The molecule has 8 heteroatoms. The van der Waals surface area contributed by atoms with E-state index in [1.165, 1.54) is 12.1 Å². The number of aromatic nitrogens is 2. The molecule has 3 aromatic rings. The lowest BCUT2D eigenvalue weighted by atomic mass is 9.98. The van der Waals surface area contributed by atoms with Crippen molar-refractivity contribution in [3.05, 3.63) is 76.2 Å². The summed E-state index contributed by atoms with van der Waals surface area (Å²) in [4.78, 5) is 27.3. The number of amides is 1. The highest BCUT2D eigenvalue weighted by molar-refractivity contribution is 5.76. The zero-order chi connectivity index (χ0) is 21.5. The second-order valence-corrected chi connectivity index (χ2v) is 7.18. The summed E-state index contributed by atoms with van der Waals surface area (Å²) in [6, 6.07) is 15.4. The number of nitro groups is 1. The van der Waals surface area contributed by atoms with Crippen LogP contribution < -0.4 is 5.32 Å². The fraction of sp³-hybridized carbons (Fsp3) is 0.318. The van der Waals surface area contributed by atoms with Crippen LogP contribution in [0.3, 0.4) is 0 Å². The van der Waals surface area contributed by atoms with Crippen molar-refractivity contribution in [1.29, 1.82) is 0 Å². The van der Waals surface area contributed by atoms with Gasteiger partial charge in [0.25, 0.3) is 5.69 Å². The Balaban J connectivity index is 1.71. The molecule has 1 N–H and O–H groups in total. The summed E-state index contributed by atoms with van der Waals surface area (Å²) >= 11 is 0. The molecule has 3 rings (SSSR count). The lowest BCUT2D eigenvalue weighted by Gasteiger charge is -2.20. The zero-order valence-electron chi connectivity index (χ0n) is 16.9. The van der Waals surface area contributed by atoms with E-state index in [4.69, 9.17) is 4.52 Å². The molecule has 0 radical (unpaired) electrons. The van der Waals surface area contributed by atoms with E-state index in [9.17, 15) is 14.9 Å². The minimum atomic E-state index is -0.463. The first-order valence-corrected chi connectivity index (χ1v) is 9.89. The van der Waals surface area contributed by atoms with Crippen molar-refractivity contribution in [2.45, 2.75) is 39.2 Å². The molecular weight excluding hydrogens is 384 g/mol. The Hall–Kier alpha value is -3.55. The Morgan fingerprint density at radius 2 is 1.87 bits per heavy atom. The number of nitrogens with one attached hydrogen (secondary N) is 1. The van der Waals surface area contributed by atoms with Crippen LogP contribution in [0.4, 0.5) is 5.69 Å². The lowest BCUT2D eigenvalue weighted by Crippen LogP contribution is -2.32. The van der Waals surface area contributed by atoms with E-state index in [1.807, 2.05) is 44.2 Å². The minimum absolute atomic E-state index is 0.00868. The topological polar surface area (TPSA) is 111 Å². The van der Waals surface area contributed by atoms with Crippen LogP contribution >= 0.6 is 0 Å². The van der Waals surface area contributed by atoms with Gasteiger partial charge < -0.3 is 9.84 Å². The third kappa shape index (κ3) is 5.28. The molecule has 0 saturated heterocycles. The number of aryl methyl sites for hydroxylation is 1. The first-order valence-electron chi connectivity index (χ1n) is 9.89. The van der Waals surface area contributed by atoms with Gasteiger partial charge in [0.05, 0.1) is 4.92 Å². The van der Waals surface area contributed by atoms with Crippen LogP contribution in [-0.2, 0) is 11.2 Å². The second-order valence-electron chi connectivity index (χ2n) is 7.18. The van der Waals surface area contributed by atoms with Crippen molar-refractivity contribution in [1.82, 2.24) is 15.5 Å². The SMILES string of the molecule is CC[C@H](C)[C@H](NC(=O)CCc1ccccc1)c1nc(-c2ccc([N+](=O)[O-])cc2)no1. The van der Waals surface area contributed by atoms with E-state index >= 15 is 0 Å². The number of benzene rings is 2. The Morgan fingerprint density at radius 1 is 1.17 bits per heavy atom. The van der Waals surface area contributed by atoms with Crippen molar-refractivity contribution in [2.24, 2.45) is 5.92 Å². The molecule has 30 heavy (non-hydrogen) atoms. The maximum Gasteiger partial charge on any atom is 0.269 e. The Morgan fingerprint density at radius 3 is 2.50 bits per heavy atom.